The number of likely N-dealkylation sites (tertiary alicyclic amines) is 1. The highest BCUT2D eigenvalue weighted by Gasteiger charge is 2.26. The molecule has 5 aromatic carbocycles. The van der Waals surface area contributed by atoms with Gasteiger partial charge >= 0.3 is 0 Å². The van der Waals surface area contributed by atoms with Crippen molar-refractivity contribution < 1.29 is 45.0 Å². The van der Waals surface area contributed by atoms with E-state index in [0.29, 0.717) is 108 Å². The van der Waals surface area contributed by atoms with E-state index in [1.54, 1.807) is 94.0 Å². The van der Waals surface area contributed by atoms with Crippen LogP contribution in [-0.4, -0.2) is 190 Å². The molecule has 17 aromatic rings. The lowest BCUT2D eigenvalue weighted by atomic mass is 9.93. The van der Waals surface area contributed by atoms with E-state index in [9.17, 15) is 45.9 Å². The smallest absolute Gasteiger partial charge is 0.258 e. The zero-order valence-electron chi connectivity index (χ0n) is 80.6. The van der Waals surface area contributed by atoms with Crippen LogP contribution < -0.4 is 47.3 Å². The fraction of sp³-hybridized carbons (Fsp3) is 0.291. The SMILES string of the molecule is CCCN1CC=C(c2ccc3nc(-c4cc(F)c5nc(C)oc5c4)cc(=O)n3c2)CC1.CCN1CC=C(c2ccc3nc(-c4cc(F)c5nc(C)oc5c4)cc(=O)n3c2)CC1.COc1ccc(-c2cc(=O)n3cc(C4=CCN(C)CC4)cc(C)c3n2)cc1F.COc1ccc(-c2ccc3nc(C4CCN(C)CC4)cc(=O)n3c2)cc1F.COc1ccc(-c2ccc3nc(C4CCNCC4)cc(=O)n3c2)cc1F. The van der Waals surface area contributed by atoms with Gasteiger partial charge in [-0.05, 0) is 294 Å². The molecule has 1 N–H and O–H groups in total. The summed E-state index contributed by atoms with van der Waals surface area (Å²) in [7, 11) is 8.49. The molecule has 0 atom stereocenters. The molecule has 32 heteroatoms. The average Bonchev–Trinajstić information content (AvgIpc) is 1.25. The van der Waals surface area contributed by atoms with Crippen LogP contribution in [0.25, 0.3) is 123 Å². The summed E-state index contributed by atoms with van der Waals surface area (Å²) in [5, 5.41) is 3.32. The molecule has 12 aromatic heterocycles. The van der Waals surface area contributed by atoms with Crippen molar-refractivity contribution >= 4 is 67.2 Å². The van der Waals surface area contributed by atoms with Gasteiger partial charge in [0.1, 0.15) is 39.3 Å². The van der Waals surface area contributed by atoms with E-state index in [1.165, 1.54) is 101 Å². The third-order valence-electron chi connectivity index (χ3n) is 26.7. The van der Waals surface area contributed by atoms with Gasteiger partial charge in [0.2, 0.25) is 0 Å². The van der Waals surface area contributed by atoms with Crippen LogP contribution in [0.2, 0.25) is 0 Å². The number of benzene rings is 5. The second kappa shape index (κ2) is 42.5. The Morgan fingerprint density at radius 2 is 0.754 bits per heavy atom. The molecule has 2 fully saturated rings. The summed E-state index contributed by atoms with van der Waals surface area (Å²) in [5.74, 6) is -0.365. The third kappa shape index (κ3) is 21.5. The van der Waals surface area contributed by atoms with E-state index >= 15 is 0 Å². The van der Waals surface area contributed by atoms with Gasteiger partial charge in [-0.3, -0.25) is 55.8 Å². The standard InChI is InChI=1S/C24H23FN4O2.C23H21FN4O2.C22H22FN3O2.C21H22FN3O2.C20H20FN3O2/c1-3-8-28-9-6-16(7-10-28)17-4-5-22-27-20(13-23(30)29(22)14-17)18-11-19(25)24-21(12-18)31-15(2)26-24;1-3-27-8-6-15(7-9-27)16-4-5-21-26-19(12-22(29)28(21)13-16)17-10-18(24)23-20(11-17)30-14(2)25-23;1-14-10-17(15-6-8-25(2)9-7-15)13-26-21(27)12-19(24-22(14)26)16-4-5-20(28-3)18(23)11-16;1-24-9-7-14(8-10-24)18-12-21(26)25-13-16(4-6-20(25)23-18)15-3-5-19(27-2)17(22)11-15;1-26-18-4-2-14(10-16(18)21)15-3-5-19-23-17(11-20(25)24(19)12-15)13-6-8-22-9-7-13/h4-6,11-14H,3,7-10H2,1-2H3;4-6,10-13H,3,7-9H2,1-2H3;4-6,10-13H,7-9H2,1-3H3;3-6,11-14H,7-10H2,1-2H3;2-5,10-13,22H,6-9H2,1H3. The number of likely N-dealkylation sites (N-methyl/N-ethyl adjacent to an activating group) is 2. The number of oxazole rings is 2. The minimum absolute atomic E-state index is 0.107. The maximum absolute atomic E-state index is 14.5. The first kappa shape index (κ1) is 97.1. The Kier molecular flexibility index (Phi) is 29.1. The first-order chi connectivity index (χ1) is 68.7. The number of nitrogens with one attached hydrogen (secondary N) is 1. The van der Waals surface area contributed by atoms with Crippen LogP contribution in [0.5, 0.6) is 17.2 Å². The molecule has 0 bridgehead atoms. The van der Waals surface area contributed by atoms with Crippen molar-refractivity contribution in [3.05, 3.63) is 339 Å². The molecule has 0 spiro atoms. The third-order valence-corrected chi connectivity index (χ3v) is 26.7. The van der Waals surface area contributed by atoms with Crippen LogP contribution in [0, 0.1) is 49.9 Å². The van der Waals surface area contributed by atoms with Crippen LogP contribution in [0.15, 0.2) is 246 Å². The molecule has 142 heavy (non-hydrogen) atoms. The van der Waals surface area contributed by atoms with Gasteiger partial charge in [0.05, 0.1) is 49.8 Å². The van der Waals surface area contributed by atoms with Gasteiger partial charge in [0.15, 0.2) is 69.3 Å². The fourth-order valence-corrected chi connectivity index (χ4v) is 18.8. The first-order valence-corrected chi connectivity index (χ1v) is 47.6. The Morgan fingerprint density at radius 1 is 0.366 bits per heavy atom. The maximum Gasteiger partial charge on any atom is 0.258 e. The number of hydrogen-bond acceptors (Lipinski definition) is 22. The minimum Gasteiger partial charge on any atom is -0.494 e. The number of halogens is 5. The monoisotopic (exact) mass is 1920 g/mol. The lowest BCUT2D eigenvalue weighted by Crippen LogP contribution is -2.30. The number of hydrogen-bond donors (Lipinski definition) is 1. The number of aromatic nitrogens is 12. The number of methoxy groups -OCH3 is 3. The molecule has 0 radical (unpaired) electrons. The van der Waals surface area contributed by atoms with E-state index in [-0.39, 0.29) is 56.1 Å². The van der Waals surface area contributed by atoms with E-state index in [4.69, 9.17) is 28.0 Å². The number of ether oxygens (including phenoxy) is 3. The topological polar surface area (TPSA) is 277 Å². The van der Waals surface area contributed by atoms with Crippen molar-refractivity contribution in [2.45, 2.75) is 97.8 Å². The highest BCUT2D eigenvalue weighted by Crippen LogP contribution is 2.36. The van der Waals surface area contributed by atoms with Crippen LogP contribution in [-0.2, 0) is 0 Å². The van der Waals surface area contributed by atoms with Crippen molar-refractivity contribution in [3.63, 3.8) is 0 Å². The molecule has 22 rings (SSSR count). The normalized spacial score (nSPS) is 15.2. The Balaban J connectivity index is 0.000000117. The minimum atomic E-state index is -0.498. The molecular formula is C110H108F5N17O10. The maximum atomic E-state index is 14.5. The fourth-order valence-electron chi connectivity index (χ4n) is 18.8. The summed E-state index contributed by atoms with van der Waals surface area (Å²) >= 11 is 0. The molecule has 0 unspecified atom stereocenters. The van der Waals surface area contributed by atoms with Crippen LogP contribution in [0.3, 0.4) is 0 Å². The summed E-state index contributed by atoms with van der Waals surface area (Å²) in [6.07, 6.45) is 23.7. The van der Waals surface area contributed by atoms with E-state index in [2.05, 4.69) is 107 Å². The Hall–Kier alpha value is -15.1. The summed E-state index contributed by atoms with van der Waals surface area (Å²) in [6.45, 7) is 21.5. The van der Waals surface area contributed by atoms with E-state index < -0.39 is 29.1 Å². The first-order valence-electron chi connectivity index (χ1n) is 47.6. The summed E-state index contributed by atoms with van der Waals surface area (Å²) in [4.78, 5) is 104. The Bertz CT molecular complexity index is 8130. The van der Waals surface area contributed by atoms with Gasteiger partial charge in [0.25, 0.3) is 27.8 Å². The second-order valence-electron chi connectivity index (χ2n) is 36.3. The predicted molar refractivity (Wildman–Crippen MR) is 542 cm³/mol. The average molecular weight is 1920 g/mol. The Labute approximate surface area is 813 Å². The van der Waals surface area contributed by atoms with Gasteiger partial charge in [-0.25, -0.2) is 56.8 Å². The quantitative estimate of drug-likeness (QED) is 0.0880. The lowest BCUT2D eigenvalue weighted by molar-refractivity contribution is 0.253. The van der Waals surface area contributed by atoms with Crippen molar-refractivity contribution in [1.29, 1.82) is 0 Å². The number of fused-ring (bicyclic) bond motifs is 7. The zero-order chi connectivity index (χ0) is 99.3. The molecule has 2 saturated heterocycles. The van der Waals surface area contributed by atoms with Crippen molar-refractivity contribution in [3.8, 4) is 73.3 Å². The largest absolute Gasteiger partial charge is 0.494 e. The zero-order valence-corrected chi connectivity index (χ0v) is 80.6. The molecule has 5 aliphatic heterocycles. The Morgan fingerprint density at radius 3 is 1.20 bits per heavy atom. The van der Waals surface area contributed by atoms with Gasteiger partial charge in [0, 0.05) is 143 Å². The molecule has 0 aliphatic carbocycles. The van der Waals surface area contributed by atoms with Gasteiger partial charge < -0.3 is 38.2 Å². The molecule has 5 aliphatic rings. The van der Waals surface area contributed by atoms with Gasteiger partial charge in [-0.2, -0.15) is 0 Å². The molecule has 0 amide bonds. The molecular weight excluding hydrogens is 1810 g/mol. The number of pyridine rings is 5. The second-order valence-corrected chi connectivity index (χ2v) is 36.3. The van der Waals surface area contributed by atoms with Crippen molar-refractivity contribution in [2.75, 3.05) is 114 Å². The van der Waals surface area contributed by atoms with Crippen molar-refractivity contribution in [2.24, 2.45) is 0 Å². The summed E-state index contributed by atoms with van der Waals surface area (Å²) in [6, 6.07) is 44.7. The summed E-state index contributed by atoms with van der Waals surface area (Å²) < 4.78 is 104. The van der Waals surface area contributed by atoms with Gasteiger partial charge in [-0.1, -0.05) is 44.2 Å². The van der Waals surface area contributed by atoms with Gasteiger partial charge in [-0.15, -0.1) is 0 Å². The number of aryl methyl sites for hydroxylation is 3. The number of piperidine rings is 2. The van der Waals surface area contributed by atoms with Crippen LogP contribution in [0.4, 0.5) is 22.0 Å². The highest BCUT2D eigenvalue weighted by molar-refractivity contribution is 5.83. The van der Waals surface area contributed by atoms with Crippen LogP contribution in [0.1, 0.15) is 122 Å². The molecule has 0 saturated carbocycles. The highest BCUT2D eigenvalue weighted by atomic mass is 19.1. The predicted octanol–water partition coefficient (Wildman–Crippen LogP) is 18.3. The lowest BCUT2D eigenvalue weighted by Gasteiger charge is -2.28. The van der Waals surface area contributed by atoms with Crippen LogP contribution >= 0.6 is 0 Å². The van der Waals surface area contributed by atoms with Crippen molar-refractivity contribution in [1.82, 2.24) is 81.8 Å². The summed E-state index contributed by atoms with van der Waals surface area (Å²) in [5.41, 5.74) is 18.2. The molecule has 728 valence electrons. The van der Waals surface area contributed by atoms with E-state index in [1.807, 2.05) is 74.0 Å². The number of nitrogens with zero attached hydrogens (tertiary/aromatic N) is 16. The molecule has 27 nitrogen and oxygen atoms in total. The number of rotatable bonds is 16. The molecule has 17 heterocycles. The van der Waals surface area contributed by atoms with E-state index in [0.717, 1.165) is 175 Å².